The number of ether oxygens (including phenoxy) is 1. The van der Waals surface area contributed by atoms with Crippen LogP contribution in [0.5, 0.6) is 5.75 Å². The molecule has 0 radical (unpaired) electrons. The Kier molecular flexibility index (Phi) is 8.87. The molecular formula is C30H30Cl3N4O4+. The van der Waals surface area contributed by atoms with E-state index < -0.39 is 11.6 Å². The maximum Gasteiger partial charge on any atom is 0.335 e. The first-order valence-electron chi connectivity index (χ1n) is 13.3. The number of aliphatic hydroxyl groups is 1. The van der Waals surface area contributed by atoms with Crippen molar-refractivity contribution >= 4 is 58.5 Å². The van der Waals surface area contributed by atoms with Crippen LogP contribution < -0.4 is 15.0 Å². The minimum atomic E-state index is -1.14. The number of benzene rings is 2. The molecule has 0 unspecified atom stereocenters. The number of nitrogens with zero attached hydrogens (tertiary/aromatic N) is 2. The monoisotopic (exact) mass is 615 g/mol. The number of pyridine rings is 1. The summed E-state index contributed by atoms with van der Waals surface area (Å²) in [6, 6.07) is 13.6. The van der Waals surface area contributed by atoms with Gasteiger partial charge >= 0.3 is 5.97 Å². The highest BCUT2D eigenvalue weighted by Crippen LogP contribution is 2.40. The van der Waals surface area contributed by atoms with Gasteiger partial charge < -0.3 is 25.3 Å². The van der Waals surface area contributed by atoms with Crippen LogP contribution in [0.15, 0.2) is 66.0 Å². The summed E-state index contributed by atoms with van der Waals surface area (Å²) < 4.78 is 6.13. The Bertz CT molecular complexity index is 1480. The molecular weight excluding hydrogens is 587 g/mol. The molecule has 3 aromatic rings. The molecule has 214 valence electrons. The second-order valence-electron chi connectivity index (χ2n) is 10.3. The normalized spacial score (nSPS) is 17.1. The third kappa shape index (κ3) is 6.68. The smallest absolute Gasteiger partial charge is 0.335 e. The molecule has 2 heterocycles. The van der Waals surface area contributed by atoms with Crippen molar-refractivity contribution in [1.82, 2.24) is 4.98 Å². The van der Waals surface area contributed by atoms with E-state index in [0.717, 1.165) is 24.1 Å². The van der Waals surface area contributed by atoms with E-state index in [-0.39, 0.29) is 12.2 Å². The van der Waals surface area contributed by atoms with Crippen molar-refractivity contribution in [2.45, 2.75) is 31.3 Å². The van der Waals surface area contributed by atoms with Crippen molar-refractivity contribution in [3.8, 4) is 5.75 Å². The number of hydrogen-bond donors (Lipinski definition) is 4. The van der Waals surface area contributed by atoms with E-state index in [1.54, 1.807) is 42.5 Å². The van der Waals surface area contributed by atoms with Crippen LogP contribution in [0, 0.1) is 11.3 Å². The molecule has 1 aromatic heterocycles. The first-order valence-corrected chi connectivity index (χ1v) is 14.4. The molecule has 0 atom stereocenters. The summed E-state index contributed by atoms with van der Waals surface area (Å²) in [6.45, 7) is 1.17. The third-order valence-corrected chi connectivity index (χ3v) is 8.58. The van der Waals surface area contributed by atoms with Gasteiger partial charge in [0.25, 0.3) is 0 Å². The summed E-state index contributed by atoms with van der Waals surface area (Å²) in [4.78, 5) is 17.6. The lowest BCUT2D eigenvalue weighted by molar-refractivity contribution is -0.521. The number of hydrogen-bond acceptors (Lipinski definition) is 6. The Hall–Kier alpha value is -3.14. The summed E-state index contributed by atoms with van der Waals surface area (Å²) in [5.41, 5.74) is 2.04. The van der Waals surface area contributed by atoms with Gasteiger partial charge in [0.05, 0.1) is 16.2 Å². The van der Waals surface area contributed by atoms with Gasteiger partial charge in [-0.3, -0.25) is 5.32 Å². The summed E-state index contributed by atoms with van der Waals surface area (Å²) in [7, 11) is 0. The van der Waals surface area contributed by atoms with Crippen LogP contribution >= 0.6 is 34.8 Å². The van der Waals surface area contributed by atoms with Crippen LogP contribution in [0.4, 0.5) is 11.5 Å². The molecule has 2 fully saturated rings. The van der Waals surface area contributed by atoms with E-state index in [2.05, 4.69) is 4.98 Å². The second-order valence-corrected chi connectivity index (χ2v) is 11.6. The van der Waals surface area contributed by atoms with Crippen LogP contribution in [0.2, 0.25) is 15.1 Å². The van der Waals surface area contributed by atoms with Gasteiger partial charge in [0.15, 0.2) is 18.0 Å². The summed E-state index contributed by atoms with van der Waals surface area (Å²) in [6.07, 6.45) is 5.70. The number of quaternary nitrogens is 1. The molecule has 0 amide bonds. The summed E-state index contributed by atoms with van der Waals surface area (Å²) in [5, 5.41) is 32.1. The number of nitrogens with two attached hydrogens (primary N) is 1. The van der Waals surface area contributed by atoms with Crippen molar-refractivity contribution in [3.63, 3.8) is 0 Å². The fourth-order valence-electron chi connectivity index (χ4n) is 5.12. The number of anilines is 1. The number of rotatable bonds is 10. The van der Waals surface area contributed by atoms with Crippen LogP contribution in [0.3, 0.4) is 0 Å². The van der Waals surface area contributed by atoms with E-state index in [1.807, 2.05) is 10.2 Å². The van der Waals surface area contributed by atoms with Gasteiger partial charge in [0.2, 0.25) is 0 Å². The number of piperidine rings is 1. The van der Waals surface area contributed by atoms with E-state index >= 15 is 0 Å². The Labute approximate surface area is 253 Å². The first-order chi connectivity index (χ1) is 19.7. The van der Waals surface area contributed by atoms with Crippen LogP contribution in [0.1, 0.15) is 41.6 Å². The Morgan fingerprint density at radius 3 is 2.41 bits per heavy atom. The van der Waals surface area contributed by atoms with Gasteiger partial charge in [0.1, 0.15) is 21.6 Å². The van der Waals surface area contributed by atoms with Crippen molar-refractivity contribution in [2.75, 3.05) is 24.6 Å². The number of carboxylic acid groups (broad SMARTS) is 1. The first kappa shape index (κ1) is 29.4. The lowest BCUT2D eigenvalue weighted by Gasteiger charge is -2.39. The van der Waals surface area contributed by atoms with Crippen LogP contribution in [-0.4, -0.2) is 47.1 Å². The molecule has 1 aliphatic carbocycles. The lowest BCUT2D eigenvalue weighted by atomic mass is 9.84. The van der Waals surface area contributed by atoms with Gasteiger partial charge in [-0.1, -0.05) is 46.9 Å². The third-order valence-electron chi connectivity index (χ3n) is 7.61. The zero-order chi connectivity index (χ0) is 29.1. The topological polar surface area (TPSA) is 123 Å². The Morgan fingerprint density at radius 2 is 1.80 bits per heavy atom. The molecule has 0 spiro atoms. The molecule has 1 aliphatic heterocycles. The quantitative estimate of drug-likeness (QED) is 0.168. The molecule has 1 saturated carbocycles. The molecule has 8 nitrogen and oxygen atoms in total. The van der Waals surface area contributed by atoms with Gasteiger partial charge in [-0.05, 0) is 68.0 Å². The number of para-hydroxylation sites is 1. The minimum Gasteiger partial charge on any atom is -0.483 e. The van der Waals surface area contributed by atoms with E-state index in [4.69, 9.17) is 44.9 Å². The number of halogens is 3. The number of allylic oxidation sites excluding steroid dienone is 1. The molecule has 41 heavy (non-hydrogen) atoms. The number of nitrogens with one attached hydrogen (secondary N) is 1. The molecule has 5 rings (SSSR count). The predicted octanol–water partition coefficient (Wildman–Crippen LogP) is 5.82. The van der Waals surface area contributed by atoms with Crippen molar-refractivity contribution in [3.05, 3.63) is 92.2 Å². The van der Waals surface area contributed by atoms with Crippen molar-refractivity contribution in [1.29, 1.82) is 5.41 Å². The van der Waals surface area contributed by atoms with Crippen LogP contribution in [0.25, 0.3) is 0 Å². The fraction of sp³-hybridized carbons (Fsp3) is 0.300. The molecule has 2 aromatic carbocycles. The Morgan fingerprint density at radius 1 is 1.10 bits per heavy atom. The van der Waals surface area contributed by atoms with E-state index in [0.29, 0.717) is 69.7 Å². The van der Waals surface area contributed by atoms with Crippen molar-refractivity contribution in [2.24, 2.45) is 5.92 Å². The Balaban J connectivity index is 1.29. The average Bonchev–Trinajstić information content (AvgIpc) is 3.79. The molecule has 1 saturated heterocycles. The SMILES string of the molecule is N=CC(=C(COc1ccc(C2(O)CCN(c3cc(C(=O)O)ccn3)CC2)c(Cl)c1)[NH2+]c1c(Cl)cccc1Cl)C1CC1. The minimum absolute atomic E-state index is 0.171. The number of aromatic nitrogens is 1. The number of aromatic carboxylic acids is 1. The summed E-state index contributed by atoms with van der Waals surface area (Å²) in [5.74, 6) is 0.407. The zero-order valence-corrected chi connectivity index (χ0v) is 24.4. The van der Waals surface area contributed by atoms with Gasteiger partial charge in [-0.15, -0.1) is 0 Å². The second kappa shape index (κ2) is 12.4. The highest BCUT2D eigenvalue weighted by Gasteiger charge is 2.36. The molecule has 0 bridgehead atoms. The molecule has 5 N–H and O–H groups in total. The van der Waals surface area contributed by atoms with Crippen LogP contribution in [-0.2, 0) is 5.60 Å². The fourth-order valence-corrected chi connectivity index (χ4v) is 5.97. The molecule has 2 aliphatic rings. The maximum atomic E-state index is 11.5. The zero-order valence-electron chi connectivity index (χ0n) is 22.1. The largest absolute Gasteiger partial charge is 0.483 e. The van der Waals surface area contributed by atoms with Gasteiger partial charge in [0, 0.05) is 36.6 Å². The van der Waals surface area contributed by atoms with E-state index in [9.17, 15) is 15.0 Å². The maximum absolute atomic E-state index is 11.5. The highest BCUT2D eigenvalue weighted by atomic mass is 35.5. The average molecular weight is 617 g/mol. The molecule has 11 heteroatoms. The summed E-state index contributed by atoms with van der Waals surface area (Å²) >= 11 is 19.5. The number of carbonyl (C=O) groups is 1. The highest BCUT2D eigenvalue weighted by molar-refractivity contribution is 6.38. The van der Waals surface area contributed by atoms with E-state index in [1.165, 1.54) is 18.5 Å². The predicted molar refractivity (Wildman–Crippen MR) is 160 cm³/mol. The van der Waals surface area contributed by atoms with Gasteiger partial charge in [-0.2, -0.15) is 0 Å². The van der Waals surface area contributed by atoms with Gasteiger partial charge in [-0.25, -0.2) is 9.78 Å². The standard InChI is InChI=1S/C30H29Cl3N4O4/c31-23-2-1-3-24(32)28(23)36-26(21(16-34)18-4-5-18)17-41-20-6-7-22(25(33)15-20)30(40)9-12-37(13-10-30)27-14-19(29(38)39)8-11-35-27/h1-3,6-8,11,14-16,18,34,36,40H,4-5,9-10,12-13,17H2,(H,38,39)/p+1. The van der Waals surface area contributed by atoms with Crippen molar-refractivity contribution < 1.29 is 25.1 Å². The number of carboxylic acids is 1. The lowest BCUT2D eigenvalue weighted by Crippen LogP contribution is -2.77.